The zero-order valence-corrected chi connectivity index (χ0v) is 16.9. The molecule has 0 fully saturated rings. The summed E-state index contributed by atoms with van der Waals surface area (Å²) in [6.07, 6.45) is 2.49. The zero-order chi connectivity index (χ0) is 21.3. The van der Waals surface area contributed by atoms with Crippen LogP contribution in [0.25, 0.3) is 0 Å². The van der Waals surface area contributed by atoms with E-state index in [0.717, 1.165) is 16.8 Å². The van der Waals surface area contributed by atoms with E-state index in [1.54, 1.807) is 28.6 Å². The predicted octanol–water partition coefficient (Wildman–Crippen LogP) is 2.01. The van der Waals surface area contributed by atoms with Gasteiger partial charge in [0.2, 0.25) is 5.91 Å². The van der Waals surface area contributed by atoms with Crippen LogP contribution in [0.2, 0.25) is 0 Å². The van der Waals surface area contributed by atoms with Crippen LogP contribution in [0.4, 0.5) is 0 Å². The Morgan fingerprint density at radius 3 is 2.93 bits per heavy atom. The molecule has 30 heavy (non-hydrogen) atoms. The second-order valence-corrected chi connectivity index (χ2v) is 7.35. The number of carbonyl (C=O) groups is 3. The topological polar surface area (TPSA) is 93.5 Å². The van der Waals surface area contributed by atoms with Crippen LogP contribution in [0, 0.1) is 0 Å². The molecule has 0 aliphatic carbocycles. The summed E-state index contributed by atoms with van der Waals surface area (Å²) in [5.74, 6) is -0.712. The number of esters is 1. The van der Waals surface area contributed by atoms with E-state index in [2.05, 4.69) is 17.0 Å². The Morgan fingerprint density at radius 2 is 2.17 bits per heavy atom. The van der Waals surface area contributed by atoms with E-state index in [-0.39, 0.29) is 36.6 Å². The fourth-order valence-electron chi connectivity index (χ4n) is 4.13. The lowest BCUT2D eigenvalue weighted by atomic mass is 10.0. The van der Waals surface area contributed by atoms with Gasteiger partial charge in [0.1, 0.15) is 0 Å². The van der Waals surface area contributed by atoms with Crippen LogP contribution in [0.1, 0.15) is 57.1 Å². The molecule has 4 rings (SSSR count). The smallest absolute Gasteiger partial charge is 0.359 e. The number of aromatic nitrogens is 2. The van der Waals surface area contributed by atoms with E-state index >= 15 is 0 Å². The summed E-state index contributed by atoms with van der Waals surface area (Å²) in [5.41, 5.74) is 3.38. The highest BCUT2D eigenvalue weighted by atomic mass is 16.5. The molecule has 0 spiro atoms. The van der Waals surface area contributed by atoms with Crippen LogP contribution in [-0.2, 0) is 29.0 Å². The molecule has 2 aliphatic heterocycles. The number of carbonyl (C=O) groups excluding carboxylic acids is 3. The summed E-state index contributed by atoms with van der Waals surface area (Å²) < 4.78 is 6.90. The molecule has 0 bridgehead atoms. The van der Waals surface area contributed by atoms with Crippen molar-refractivity contribution in [2.24, 2.45) is 0 Å². The lowest BCUT2D eigenvalue weighted by molar-refractivity contribution is -0.132. The maximum Gasteiger partial charge on any atom is 0.359 e. The van der Waals surface area contributed by atoms with E-state index in [1.165, 1.54) is 0 Å². The van der Waals surface area contributed by atoms with Gasteiger partial charge in [-0.15, -0.1) is 6.58 Å². The number of nitrogens with one attached hydrogen (secondary N) is 1. The first kappa shape index (κ1) is 19.9. The van der Waals surface area contributed by atoms with Crippen molar-refractivity contribution in [2.75, 3.05) is 13.2 Å². The fourth-order valence-corrected chi connectivity index (χ4v) is 4.13. The van der Waals surface area contributed by atoms with E-state index in [4.69, 9.17) is 4.74 Å². The summed E-state index contributed by atoms with van der Waals surface area (Å²) in [5, 5.41) is 7.30. The SMILES string of the molecule is C=CCn1nc(C(=O)OCC)c2c1CCN(C(=O)C[C@H]1NC(=O)c3ccccc31)C2. The van der Waals surface area contributed by atoms with Crippen molar-refractivity contribution in [1.82, 2.24) is 20.0 Å². The highest BCUT2D eigenvalue weighted by Crippen LogP contribution is 2.30. The number of hydrogen-bond donors (Lipinski definition) is 1. The highest BCUT2D eigenvalue weighted by Gasteiger charge is 2.34. The molecule has 3 heterocycles. The van der Waals surface area contributed by atoms with Gasteiger partial charge < -0.3 is 15.0 Å². The molecule has 0 saturated heterocycles. The standard InChI is InChI=1S/C22H24N4O4/c1-3-10-26-18-9-11-25(13-16(18)20(24-26)22(29)30-4-2)19(27)12-17-14-7-5-6-8-15(14)21(28)23-17/h3,5-8,17H,1,4,9-13H2,2H3,(H,23,28)/t17-/m1/s1. The van der Waals surface area contributed by atoms with Gasteiger partial charge in [-0.25, -0.2) is 4.79 Å². The number of hydrogen-bond acceptors (Lipinski definition) is 5. The Hall–Kier alpha value is -3.42. The normalized spacial score (nSPS) is 17.2. The van der Waals surface area contributed by atoms with E-state index in [1.807, 2.05) is 18.2 Å². The number of rotatable bonds is 6. The molecule has 1 N–H and O–H groups in total. The number of amides is 2. The minimum Gasteiger partial charge on any atom is -0.461 e. The Labute approximate surface area is 174 Å². The van der Waals surface area contributed by atoms with Crippen molar-refractivity contribution in [3.8, 4) is 0 Å². The second-order valence-electron chi connectivity index (χ2n) is 7.35. The fraction of sp³-hybridized carbons (Fsp3) is 0.364. The predicted molar refractivity (Wildman–Crippen MR) is 109 cm³/mol. The van der Waals surface area contributed by atoms with Crippen molar-refractivity contribution >= 4 is 17.8 Å². The summed E-state index contributed by atoms with van der Waals surface area (Å²) >= 11 is 0. The maximum atomic E-state index is 13.0. The molecule has 0 saturated carbocycles. The van der Waals surface area contributed by atoms with Crippen LogP contribution in [0.15, 0.2) is 36.9 Å². The van der Waals surface area contributed by atoms with Crippen molar-refractivity contribution in [2.45, 2.75) is 38.9 Å². The molecule has 156 valence electrons. The molecular formula is C22H24N4O4. The Bertz CT molecular complexity index is 1030. The molecular weight excluding hydrogens is 384 g/mol. The van der Waals surface area contributed by atoms with Crippen molar-refractivity contribution in [3.63, 3.8) is 0 Å². The average Bonchev–Trinajstić information content (AvgIpc) is 3.26. The Balaban J connectivity index is 1.54. The van der Waals surface area contributed by atoms with Gasteiger partial charge in [0, 0.05) is 36.3 Å². The number of fused-ring (bicyclic) bond motifs is 2. The van der Waals surface area contributed by atoms with Crippen LogP contribution < -0.4 is 5.32 Å². The summed E-state index contributed by atoms with van der Waals surface area (Å²) in [4.78, 5) is 39.3. The lowest BCUT2D eigenvalue weighted by Crippen LogP contribution is -2.38. The van der Waals surface area contributed by atoms with E-state index < -0.39 is 5.97 Å². The van der Waals surface area contributed by atoms with Gasteiger partial charge in [-0.05, 0) is 18.6 Å². The number of ether oxygens (including phenoxy) is 1. The third-order valence-electron chi connectivity index (χ3n) is 5.52. The molecule has 0 radical (unpaired) electrons. The largest absolute Gasteiger partial charge is 0.461 e. The summed E-state index contributed by atoms with van der Waals surface area (Å²) in [6.45, 7) is 7.05. The van der Waals surface area contributed by atoms with Crippen LogP contribution >= 0.6 is 0 Å². The zero-order valence-electron chi connectivity index (χ0n) is 16.9. The molecule has 8 nitrogen and oxygen atoms in total. The molecule has 2 aliphatic rings. The van der Waals surface area contributed by atoms with Gasteiger partial charge in [-0.1, -0.05) is 24.3 Å². The Morgan fingerprint density at radius 1 is 1.37 bits per heavy atom. The first-order chi connectivity index (χ1) is 14.5. The number of nitrogens with zero attached hydrogens (tertiary/aromatic N) is 3. The second kappa shape index (κ2) is 8.14. The minimum atomic E-state index is -0.483. The first-order valence-electron chi connectivity index (χ1n) is 10.1. The Kier molecular flexibility index (Phi) is 5.39. The summed E-state index contributed by atoms with van der Waals surface area (Å²) in [6, 6.07) is 6.98. The van der Waals surface area contributed by atoms with Gasteiger partial charge in [0.25, 0.3) is 5.91 Å². The van der Waals surface area contributed by atoms with Gasteiger partial charge in [-0.3, -0.25) is 14.3 Å². The molecule has 1 aromatic carbocycles. The van der Waals surface area contributed by atoms with Gasteiger partial charge in [-0.2, -0.15) is 5.10 Å². The maximum absolute atomic E-state index is 13.0. The van der Waals surface area contributed by atoms with E-state index in [9.17, 15) is 14.4 Å². The monoisotopic (exact) mass is 408 g/mol. The van der Waals surface area contributed by atoms with Crippen molar-refractivity contribution in [3.05, 3.63) is 65.0 Å². The average molecular weight is 408 g/mol. The van der Waals surface area contributed by atoms with Crippen LogP contribution in [-0.4, -0.2) is 45.6 Å². The minimum absolute atomic E-state index is 0.0751. The highest BCUT2D eigenvalue weighted by molar-refractivity contribution is 5.99. The third kappa shape index (κ3) is 3.49. The lowest BCUT2D eigenvalue weighted by Gasteiger charge is -2.29. The summed E-state index contributed by atoms with van der Waals surface area (Å²) in [7, 11) is 0. The van der Waals surface area contributed by atoms with E-state index in [0.29, 0.717) is 31.6 Å². The third-order valence-corrected chi connectivity index (χ3v) is 5.52. The quantitative estimate of drug-likeness (QED) is 0.583. The first-order valence-corrected chi connectivity index (χ1v) is 10.1. The van der Waals surface area contributed by atoms with Gasteiger partial charge >= 0.3 is 5.97 Å². The number of allylic oxidation sites excluding steroid dienone is 1. The van der Waals surface area contributed by atoms with Crippen molar-refractivity contribution in [1.29, 1.82) is 0 Å². The number of benzene rings is 1. The van der Waals surface area contributed by atoms with Crippen LogP contribution in [0.3, 0.4) is 0 Å². The van der Waals surface area contributed by atoms with Crippen molar-refractivity contribution < 1.29 is 19.1 Å². The molecule has 1 atom stereocenters. The van der Waals surface area contributed by atoms with Gasteiger partial charge in [0.05, 0.1) is 25.6 Å². The molecule has 2 amide bonds. The van der Waals surface area contributed by atoms with Crippen LogP contribution in [0.5, 0.6) is 0 Å². The molecule has 2 aromatic rings. The van der Waals surface area contributed by atoms with Gasteiger partial charge in [0.15, 0.2) is 5.69 Å². The molecule has 1 aromatic heterocycles. The molecule has 0 unspecified atom stereocenters. The molecule has 8 heteroatoms.